The molecule has 0 bridgehead atoms. The van der Waals surface area contributed by atoms with E-state index in [1.165, 1.54) is 42.9 Å². The maximum Gasteiger partial charge on any atom is 0.249 e. The van der Waals surface area contributed by atoms with Gasteiger partial charge in [-0.3, -0.25) is 9.78 Å². The Kier molecular flexibility index (Phi) is 5.11. The van der Waals surface area contributed by atoms with Crippen LogP contribution in [0.25, 0.3) is 11.1 Å². The number of benzene rings is 1. The van der Waals surface area contributed by atoms with Crippen molar-refractivity contribution in [2.45, 2.75) is 24.4 Å². The van der Waals surface area contributed by atoms with E-state index >= 15 is 0 Å². The third-order valence-electron chi connectivity index (χ3n) is 5.28. The Morgan fingerprint density at radius 3 is 2.53 bits per heavy atom. The van der Waals surface area contributed by atoms with Crippen molar-refractivity contribution in [3.8, 4) is 11.1 Å². The van der Waals surface area contributed by atoms with Crippen LogP contribution in [0.15, 0.2) is 48.9 Å². The van der Waals surface area contributed by atoms with Crippen LogP contribution in [0.2, 0.25) is 0 Å². The highest BCUT2D eigenvalue weighted by atomic mass is 19.1. The Morgan fingerprint density at radius 2 is 1.90 bits per heavy atom. The van der Waals surface area contributed by atoms with Crippen LogP contribution in [0.1, 0.15) is 28.9 Å². The third-order valence-corrected chi connectivity index (χ3v) is 5.28. The quantitative estimate of drug-likeness (QED) is 0.646. The van der Waals surface area contributed by atoms with Crippen molar-refractivity contribution >= 4 is 11.9 Å². The number of nitrogens with two attached hydrogens (primary N) is 1. The first-order chi connectivity index (χ1) is 14.4. The number of hydrogen-bond acceptors (Lipinski definition) is 5. The molecule has 1 aliphatic rings. The number of nitrogens with zero attached hydrogens (tertiary/aromatic N) is 3. The number of primary amides is 1. The monoisotopic (exact) mass is 413 g/mol. The van der Waals surface area contributed by atoms with Gasteiger partial charge in [0.2, 0.25) is 11.9 Å². The van der Waals surface area contributed by atoms with Crippen LogP contribution in [0.5, 0.6) is 0 Å². The summed E-state index contributed by atoms with van der Waals surface area (Å²) in [5, 5.41) is 3.00. The molecule has 1 amide bonds. The van der Waals surface area contributed by atoms with E-state index in [0.29, 0.717) is 5.56 Å². The van der Waals surface area contributed by atoms with E-state index < -0.39 is 29.1 Å². The van der Waals surface area contributed by atoms with E-state index in [1.54, 1.807) is 0 Å². The normalized spacial score (nSPS) is 20.4. The summed E-state index contributed by atoms with van der Waals surface area (Å²) in [6, 6.07) is 6.42. The smallest absolute Gasteiger partial charge is 0.249 e. The third kappa shape index (κ3) is 3.70. The van der Waals surface area contributed by atoms with Crippen LogP contribution in [-0.4, -0.2) is 33.6 Å². The van der Waals surface area contributed by atoms with Gasteiger partial charge in [0.1, 0.15) is 17.8 Å². The molecule has 3 N–H and O–H groups in total. The fourth-order valence-electron chi connectivity index (χ4n) is 3.76. The molecule has 0 unspecified atom stereocenters. The zero-order chi connectivity index (χ0) is 21.3. The Morgan fingerprint density at radius 1 is 1.17 bits per heavy atom. The van der Waals surface area contributed by atoms with Gasteiger partial charge in [0.25, 0.3) is 0 Å². The topological polar surface area (TPSA) is 93.8 Å². The number of amides is 1. The molecule has 9 heteroatoms. The zero-order valence-corrected chi connectivity index (χ0v) is 15.8. The molecule has 1 aliphatic carbocycles. The summed E-state index contributed by atoms with van der Waals surface area (Å²) < 4.78 is 41.5. The number of nitrogens with one attached hydrogen (secondary N) is 1. The molecule has 6 nitrogen and oxygen atoms in total. The van der Waals surface area contributed by atoms with Crippen molar-refractivity contribution in [1.29, 1.82) is 0 Å². The van der Waals surface area contributed by atoms with Crippen LogP contribution in [-0.2, 0) is 5.41 Å². The van der Waals surface area contributed by atoms with Crippen molar-refractivity contribution in [2.75, 3.05) is 11.9 Å². The lowest BCUT2D eigenvalue weighted by molar-refractivity contribution is 0.0963. The maximum atomic E-state index is 14.2. The Balaban J connectivity index is 1.54. The Hall–Kier alpha value is -3.49. The molecular weight excluding hydrogens is 395 g/mol. The van der Waals surface area contributed by atoms with E-state index in [0.717, 1.165) is 6.07 Å². The van der Waals surface area contributed by atoms with Gasteiger partial charge in [0.05, 0.1) is 5.69 Å². The summed E-state index contributed by atoms with van der Waals surface area (Å²) in [4.78, 5) is 24.1. The minimum Gasteiger partial charge on any atom is -0.366 e. The number of halogens is 3. The summed E-state index contributed by atoms with van der Waals surface area (Å²) >= 11 is 0. The summed E-state index contributed by atoms with van der Waals surface area (Å²) in [5.41, 5.74) is 5.61. The van der Waals surface area contributed by atoms with E-state index in [2.05, 4.69) is 20.3 Å². The van der Waals surface area contributed by atoms with Crippen molar-refractivity contribution < 1.29 is 18.0 Å². The second-order valence-corrected chi connectivity index (χ2v) is 7.32. The van der Waals surface area contributed by atoms with E-state index in [-0.39, 0.29) is 42.2 Å². The number of rotatable bonds is 6. The molecule has 3 aromatic rings. The first-order valence-corrected chi connectivity index (χ1v) is 9.29. The van der Waals surface area contributed by atoms with Gasteiger partial charge in [0, 0.05) is 47.2 Å². The van der Waals surface area contributed by atoms with Gasteiger partial charge in [-0.25, -0.2) is 23.1 Å². The van der Waals surface area contributed by atoms with E-state index in [9.17, 15) is 18.0 Å². The molecule has 0 atom stereocenters. The zero-order valence-electron chi connectivity index (χ0n) is 15.8. The van der Waals surface area contributed by atoms with Gasteiger partial charge in [-0.2, -0.15) is 0 Å². The minimum absolute atomic E-state index is 0.147. The summed E-state index contributed by atoms with van der Waals surface area (Å²) in [5.74, 6) is -1.47. The number of pyridine rings is 1. The predicted octanol–water partition coefficient (Wildman–Crippen LogP) is 3.40. The molecule has 1 fully saturated rings. The van der Waals surface area contributed by atoms with Crippen LogP contribution in [0.3, 0.4) is 0 Å². The van der Waals surface area contributed by atoms with Gasteiger partial charge < -0.3 is 11.1 Å². The summed E-state index contributed by atoms with van der Waals surface area (Å²) in [7, 11) is 0. The van der Waals surface area contributed by atoms with Crippen molar-refractivity contribution in [2.24, 2.45) is 5.73 Å². The van der Waals surface area contributed by atoms with E-state index in [4.69, 9.17) is 5.73 Å². The average molecular weight is 413 g/mol. The van der Waals surface area contributed by atoms with Gasteiger partial charge in [-0.15, -0.1) is 0 Å². The van der Waals surface area contributed by atoms with Gasteiger partial charge in [0.15, 0.2) is 0 Å². The van der Waals surface area contributed by atoms with E-state index in [1.807, 2.05) is 0 Å². The molecule has 30 heavy (non-hydrogen) atoms. The lowest BCUT2D eigenvalue weighted by Crippen LogP contribution is -2.49. The highest BCUT2D eigenvalue weighted by Gasteiger charge is 2.48. The fraction of sp³-hybridized carbons (Fsp3) is 0.238. The fourth-order valence-corrected chi connectivity index (χ4v) is 3.76. The number of alkyl halides is 1. The Labute approximate surface area is 170 Å². The molecule has 0 radical (unpaired) electrons. The molecule has 0 spiro atoms. The van der Waals surface area contributed by atoms with Crippen LogP contribution in [0, 0.1) is 11.6 Å². The number of carbonyl (C=O) groups is 1. The van der Waals surface area contributed by atoms with Crippen LogP contribution in [0.4, 0.5) is 19.1 Å². The van der Waals surface area contributed by atoms with Crippen molar-refractivity contribution in [3.05, 3.63) is 71.8 Å². The lowest BCUT2D eigenvalue weighted by Gasteiger charge is -2.43. The standard InChI is InChI=1S/C21H18F3N5O/c22-13-3-4-15(19(25)30)16(6-13)12-9-27-20(28-10-12)29-11-21(7-14(23)8-21)18-17(24)2-1-5-26-18/h1-6,9-10,14H,7-8,11H2,(H2,25,30)(H,27,28,29)/t14-,21-. The number of carbonyl (C=O) groups excluding carboxylic acids is 1. The molecule has 154 valence electrons. The lowest BCUT2D eigenvalue weighted by atomic mass is 9.65. The predicted molar refractivity (Wildman–Crippen MR) is 104 cm³/mol. The largest absolute Gasteiger partial charge is 0.366 e. The van der Waals surface area contributed by atoms with Gasteiger partial charge in [-0.05, 0) is 43.2 Å². The maximum absolute atomic E-state index is 14.2. The highest BCUT2D eigenvalue weighted by molar-refractivity contribution is 5.99. The molecule has 4 rings (SSSR count). The molecule has 1 saturated carbocycles. The minimum atomic E-state index is -1.02. The average Bonchev–Trinajstić information content (AvgIpc) is 2.71. The van der Waals surface area contributed by atoms with Gasteiger partial charge in [-0.1, -0.05) is 0 Å². The highest BCUT2D eigenvalue weighted by Crippen LogP contribution is 2.45. The molecule has 2 heterocycles. The second kappa shape index (κ2) is 7.74. The number of aromatic nitrogens is 3. The van der Waals surface area contributed by atoms with Gasteiger partial charge >= 0.3 is 0 Å². The van der Waals surface area contributed by atoms with Crippen molar-refractivity contribution in [3.63, 3.8) is 0 Å². The summed E-state index contributed by atoms with van der Waals surface area (Å²) in [6.07, 6.45) is 3.60. The number of hydrogen-bond donors (Lipinski definition) is 2. The molecule has 0 saturated heterocycles. The van der Waals surface area contributed by atoms with Crippen molar-refractivity contribution in [1.82, 2.24) is 15.0 Å². The van der Waals surface area contributed by atoms with Crippen LogP contribution < -0.4 is 11.1 Å². The molecule has 0 aliphatic heterocycles. The molecule has 1 aromatic carbocycles. The summed E-state index contributed by atoms with van der Waals surface area (Å²) in [6.45, 7) is 0.202. The molecule has 2 aromatic heterocycles. The number of anilines is 1. The first-order valence-electron chi connectivity index (χ1n) is 9.29. The second-order valence-electron chi connectivity index (χ2n) is 7.32. The Bertz CT molecular complexity index is 1080. The SMILES string of the molecule is NC(=O)c1ccc(F)cc1-c1cnc(NC[C@]2(c3ncccc3F)C[C@H](F)C2)nc1. The first kappa shape index (κ1) is 19.8. The molecular formula is C21H18F3N5O. The van der Waals surface area contributed by atoms with Crippen LogP contribution >= 0.6 is 0 Å².